The minimum Gasteiger partial charge on any atom is -0.493 e. The van der Waals surface area contributed by atoms with E-state index >= 15 is 4.79 Å². The molecule has 0 amide bonds. The van der Waals surface area contributed by atoms with Crippen molar-refractivity contribution in [2.75, 3.05) is 66.7 Å². The van der Waals surface area contributed by atoms with Gasteiger partial charge in [0.05, 0.1) is 37.6 Å². The minimum atomic E-state index is -1.34. The van der Waals surface area contributed by atoms with Crippen molar-refractivity contribution in [1.82, 2.24) is 14.7 Å². The molecular formula is C49H54N4O10S. The summed E-state index contributed by atoms with van der Waals surface area (Å²) >= 11 is 1.57. The van der Waals surface area contributed by atoms with Crippen molar-refractivity contribution >= 4 is 23.7 Å². The molecule has 0 aromatic heterocycles. The van der Waals surface area contributed by atoms with Crippen LogP contribution in [0.25, 0.3) is 0 Å². The Hall–Kier alpha value is -5.66. The summed E-state index contributed by atoms with van der Waals surface area (Å²) in [5.41, 5.74) is 5.30. The number of nitriles is 1. The normalized spacial score (nSPS) is 26.5. The van der Waals surface area contributed by atoms with Crippen molar-refractivity contribution in [2.45, 2.75) is 74.6 Å². The van der Waals surface area contributed by atoms with Crippen molar-refractivity contribution in [3.63, 3.8) is 0 Å². The van der Waals surface area contributed by atoms with Gasteiger partial charge >= 0.3 is 11.9 Å². The van der Waals surface area contributed by atoms with Gasteiger partial charge in [0.15, 0.2) is 40.0 Å². The first-order valence-corrected chi connectivity index (χ1v) is 22.6. The SMILES string of the molecule is C=CCOc1cc2c(cc1OC)[C@@]1(CS[C@@H]3c4c(OC(C)=O)c(C)c5c(c4[C@@H](COC1=O)N1[C@@H]3[C@H]3c4c(cc(C)c(OC)c4OCC=C)C[C@@H]([C@@H]1C#N)N3C)OCO5)N(CC=C)CC2. The van der Waals surface area contributed by atoms with Gasteiger partial charge in [-0.1, -0.05) is 37.5 Å². The van der Waals surface area contributed by atoms with Crippen LogP contribution in [0, 0.1) is 25.2 Å². The van der Waals surface area contributed by atoms with E-state index in [4.69, 9.17) is 37.9 Å². The van der Waals surface area contributed by atoms with Gasteiger partial charge in [0, 0.05) is 60.1 Å². The zero-order valence-corrected chi connectivity index (χ0v) is 38.0. The van der Waals surface area contributed by atoms with E-state index in [1.165, 1.54) is 6.92 Å². The molecular weight excluding hydrogens is 837 g/mol. The first-order chi connectivity index (χ1) is 31.0. The van der Waals surface area contributed by atoms with Crippen LogP contribution in [0.3, 0.4) is 0 Å². The second-order valence-electron chi connectivity index (χ2n) is 17.0. The Morgan fingerprint density at radius 3 is 2.42 bits per heavy atom. The van der Waals surface area contributed by atoms with E-state index in [0.717, 1.165) is 33.4 Å². The number of nitrogens with zero attached hydrogens (tertiary/aromatic N) is 4. The van der Waals surface area contributed by atoms with Crippen LogP contribution in [-0.2, 0) is 32.7 Å². The number of esters is 2. The molecule has 3 aromatic rings. The van der Waals surface area contributed by atoms with Gasteiger partial charge in [-0.3, -0.25) is 19.5 Å². The van der Waals surface area contributed by atoms with Crippen molar-refractivity contribution in [3.8, 4) is 46.3 Å². The smallest absolute Gasteiger partial charge is 0.332 e. The molecule has 14 nitrogen and oxygen atoms in total. The van der Waals surface area contributed by atoms with Crippen LogP contribution in [0.15, 0.2) is 56.2 Å². The van der Waals surface area contributed by atoms with Crippen LogP contribution >= 0.6 is 11.8 Å². The summed E-state index contributed by atoms with van der Waals surface area (Å²) in [4.78, 5) is 35.4. The molecule has 1 spiro atoms. The van der Waals surface area contributed by atoms with Crippen molar-refractivity contribution < 1.29 is 47.5 Å². The number of hydrogen-bond donors (Lipinski definition) is 0. The number of aryl methyl sites for hydroxylation is 1. The molecule has 2 saturated heterocycles. The van der Waals surface area contributed by atoms with E-state index in [0.29, 0.717) is 77.3 Å². The number of likely N-dealkylation sites (N-methyl/N-ethyl adjacent to an activating group) is 1. The zero-order valence-electron chi connectivity index (χ0n) is 37.2. The van der Waals surface area contributed by atoms with Gasteiger partial charge in [-0.2, -0.15) is 5.26 Å². The Labute approximate surface area is 378 Å². The molecule has 7 atom stereocenters. The molecule has 64 heavy (non-hydrogen) atoms. The summed E-state index contributed by atoms with van der Waals surface area (Å²) in [7, 11) is 5.30. The molecule has 336 valence electrons. The van der Waals surface area contributed by atoms with Gasteiger partial charge in [0.2, 0.25) is 6.79 Å². The number of carbonyl (C=O) groups excluding carboxylic acids is 2. The monoisotopic (exact) mass is 890 g/mol. The molecule has 4 bridgehead atoms. The number of methoxy groups -OCH3 is 2. The fourth-order valence-electron chi connectivity index (χ4n) is 11.3. The highest BCUT2D eigenvalue weighted by molar-refractivity contribution is 7.99. The highest BCUT2D eigenvalue weighted by Crippen LogP contribution is 2.65. The standard InChI is InChI=1S/C49H54N4O10S/c1-10-14-52-15-13-29-20-36(58-16-11-2)35(56-8)21-31(29)49(52)24-64-47-39-38(46-44(61-25-62-46)27(5)43(39)63-28(6)54)34(23-60-48(49)55)53-33(22-50)32-19-30-18-26(4)42(57-9)45(59-17-12-3)37(30)40(41(47)53)51(32)7/h10-12,18,20-21,32-34,40-41,47H,1-3,13-17,19,23-25H2,4-9H3/t32-,33-,34+,40+,41+,47+,49+/m0/s1. The van der Waals surface area contributed by atoms with Crippen LogP contribution in [0.2, 0.25) is 0 Å². The van der Waals surface area contributed by atoms with E-state index in [2.05, 4.69) is 53.6 Å². The topological polar surface area (TPSA) is 141 Å². The number of carbonyl (C=O) groups is 2. The van der Waals surface area contributed by atoms with Gasteiger partial charge in [-0.15, -0.1) is 18.3 Å². The van der Waals surface area contributed by atoms with Gasteiger partial charge in [0.25, 0.3) is 0 Å². The lowest BCUT2D eigenvalue weighted by Crippen LogP contribution is -2.69. The third kappa shape index (κ3) is 6.47. The number of rotatable bonds is 11. The molecule has 10 rings (SSSR count). The fourth-order valence-corrected chi connectivity index (χ4v) is 13.0. The van der Waals surface area contributed by atoms with Crippen molar-refractivity contribution in [1.29, 1.82) is 5.26 Å². The number of piperazine rings is 1. The molecule has 15 heteroatoms. The second kappa shape index (κ2) is 17.0. The Bertz CT molecular complexity index is 2500. The van der Waals surface area contributed by atoms with E-state index in [9.17, 15) is 10.1 Å². The molecule has 3 aromatic carbocycles. The van der Waals surface area contributed by atoms with Gasteiger partial charge in [-0.05, 0) is 68.1 Å². The van der Waals surface area contributed by atoms with Crippen LogP contribution < -0.4 is 33.2 Å². The minimum absolute atomic E-state index is 0.0528. The Morgan fingerprint density at radius 2 is 1.72 bits per heavy atom. The third-order valence-corrected chi connectivity index (χ3v) is 15.2. The number of benzene rings is 3. The lowest BCUT2D eigenvalue weighted by atomic mass is 9.71. The van der Waals surface area contributed by atoms with Crippen LogP contribution in [0.4, 0.5) is 0 Å². The quantitative estimate of drug-likeness (QED) is 0.116. The number of hydrogen-bond acceptors (Lipinski definition) is 15. The maximum atomic E-state index is 15.5. The Balaban J connectivity index is 1.34. The lowest BCUT2D eigenvalue weighted by Gasteiger charge is -2.62. The van der Waals surface area contributed by atoms with Gasteiger partial charge < -0.3 is 37.9 Å². The van der Waals surface area contributed by atoms with Crippen LogP contribution in [-0.4, -0.2) is 111 Å². The number of fused-ring (bicyclic) bond motifs is 9. The summed E-state index contributed by atoms with van der Waals surface area (Å²) in [5, 5.41) is 10.9. The summed E-state index contributed by atoms with van der Waals surface area (Å²) in [5.74, 6) is 2.82. The van der Waals surface area contributed by atoms with E-state index in [1.807, 2.05) is 26.0 Å². The maximum Gasteiger partial charge on any atom is 0.332 e. The van der Waals surface area contributed by atoms with E-state index < -0.39 is 46.9 Å². The predicted octanol–water partition coefficient (Wildman–Crippen LogP) is 6.60. The zero-order chi connectivity index (χ0) is 45.2. The van der Waals surface area contributed by atoms with Crippen LogP contribution in [0.5, 0.6) is 40.2 Å². The summed E-state index contributed by atoms with van der Waals surface area (Å²) in [6.07, 6.45) is 6.38. The van der Waals surface area contributed by atoms with E-state index in [1.54, 1.807) is 44.2 Å². The first kappa shape index (κ1) is 43.6. The van der Waals surface area contributed by atoms with Gasteiger partial charge in [0.1, 0.15) is 31.6 Å². The van der Waals surface area contributed by atoms with Crippen LogP contribution in [0.1, 0.15) is 68.8 Å². The fraction of sp³-hybridized carbons (Fsp3) is 0.449. The molecule has 0 saturated carbocycles. The molecule has 7 aliphatic rings. The first-order valence-electron chi connectivity index (χ1n) is 21.6. The van der Waals surface area contributed by atoms with E-state index in [-0.39, 0.29) is 38.4 Å². The lowest BCUT2D eigenvalue weighted by molar-refractivity contribution is -0.164. The summed E-state index contributed by atoms with van der Waals surface area (Å²) in [6.45, 7) is 18.4. The predicted molar refractivity (Wildman–Crippen MR) is 240 cm³/mol. The molecule has 0 radical (unpaired) electrons. The Morgan fingerprint density at radius 1 is 0.953 bits per heavy atom. The number of ether oxygens (including phenoxy) is 8. The molecule has 7 aliphatic heterocycles. The molecule has 0 unspecified atom stereocenters. The molecule has 7 heterocycles. The maximum absolute atomic E-state index is 15.5. The largest absolute Gasteiger partial charge is 0.493 e. The average Bonchev–Trinajstić information content (AvgIpc) is 3.78. The summed E-state index contributed by atoms with van der Waals surface area (Å²) < 4.78 is 50.2. The third-order valence-electron chi connectivity index (χ3n) is 13.8. The second-order valence-corrected chi connectivity index (χ2v) is 18.1. The molecule has 0 aliphatic carbocycles. The Kier molecular flexibility index (Phi) is 11.6. The number of thioether (sulfide) groups is 1. The van der Waals surface area contributed by atoms with Gasteiger partial charge in [-0.25, -0.2) is 4.79 Å². The summed E-state index contributed by atoms with van der Waals surface area (Å²) in [6, 6.07) is 6.18. The molecule has 2 fully saturated rings. The highest BCUT2D eigenvalue weighted by Gasteiger charge is 2.62. The van der Waals surface area contributed by atoms with Crippen molar-refractivity contribution in [2.24, 2.45) is 0 Å². The highest BCUT2D eigenvalue weighted by atomic mass is 32.2. The molecule has 0 N–H and O–H groups in total. The average molecular weight is 891 g/mol. The van der Waals surface area contributed by atoms with Crippen molar-refractivity contribution in [3.05, 3.63) is 101 Å².